The maximum atomic E-state index is 14.1. The third-order valence-corrected chi connectivity index (χ3v) is 11.5. The normalized spacial score (nSPS) is 27.2. The molecule has 3 heterocycles. The summed E-state index contributed by atoms with van der Waals surface area (Å²) in [6, 6.07) is 2.63. The molecule has 4 amide bonds. The van der Waals surface area contributed by atoms with Gasteiger partial charge in [0.2, 0.25) is 17.7 Å². The summed E-state index contributed by atoms with van der Waals surface area (Å²) < 4.78 is 18.7. The minimum absolute atomic E-state index is 0.0831. The van der Waals surface area contributed by atoms with E-state index in [0.717, 1.165) is 24.9 Å². The van der Waals surface area contributed by atoms with Crippen molar-refractivity contribution in [2.75, 3.05) is 46.9 Å². The number of nitrogens with zero attached hydrogens (tertiary/aromatic N) is 3. The number of carbonyl (C=O) groups excluding carboxylic acids is 4. The van der Waals surface area contributed by atoms with Gasteiger partial charge >= 0.3 is 12.1 Å². The van der Waals surface area contributed by atoms with Gasteiger partial charge in [-0.1, -0.05) is 6.07 Å². The number of carboxylic acid groups (broad SMARTS) is 1. The van der Waals surface area contributed by atoms with Gasteiger partial charge in [0, 0.05) is 43.6 Å². The van der Waals surface area contributed by atoms with Crippen molar-refractivity contribution >= 4 is 35.7 Å². The van der Waals surface area contributed by atoms with E-state index in [1.54, 1.807) is 7.11 Å². The molecule has 17 nitrogen and oxygen atoms in total. The zero-order chi connectivity index (χ0) is 38.0. The molecular formula is C36H50N8O9. The van der Waals surface area contributed by atoms with Crippen molar-refractivity contribution in [1.82, 2.24) is 25.8 Å². The molecule has 17 heteroatoms. The molecule has 0 saturated carbocycles. The number of likely N-dealkylation sites (tertiary alicyclic amines) is 2. The molecule has 1 aromatic rings. The molecule has 2 aliphatic carbocycles. The molecule has 7 atom stereocenters. The van der Waals surface area contributed by atoms with Gasteiger partial charge in [-0.3, -0.25) is 24.2 Å². The Labute approximate surface area is 307 Å². The van der Waals surface area contributed by atoms with Crippen molar-refractivity contribution < 1.29 is 43.3 Å². The van der Waals surface area contributed by atoms with Gasteiger partial charge in [0.15, 0.2) is 23.6 Å². The Bertz CT molecular complexity index is 1700. The number of guanidine groups is 1. The molecule has 1 aromatic carbocycles. The highest BCUT2D eigenvalue weighted by atomic mass is 16.6. The molecule has 8 N–H and O–H groups in total. The maximum absolute atomic E-state index is 14.1. The Morgan fingerprint density at radius 1 is 1.17 bits per heavy atom. The van der Waals surface area contributed by atoms with Crippen LogP contribution in [0.1, 0.15) is 56.6 Å². The van der Waals surface area contributed by atoms with Crippen LogP contribution in [0.2, 0.25) is 0 Å². The first kappa shape index (κ1) is 37.7. The fraction of sp³-hybridized carbons (Fsp3) is 0.611. The lowest BCUT2D eigenvalue weighted by molar-refractivity contribution is -0.144. The number of piperidine rings is 2. The van der Waals surface area contributed by atoms with E-state index < -0.39 is 53.9 Å². The second-order valence-corrected chi connectivity index (χ2v) is 14.6. The summed E-state index contributed by atoms with van der Waals surface area (Å²) in [5.74, 6) is -1.34. The van der Waals surface area contributed by atoms with Gasteiger partial charge in [-0.15, -0.1) is 0 Å². The first-order chi connectivity index (χ1) is 25.3. The van der Waals surface area contributed by atoms with E-state index in [1.165, 1.54) is 17.4 Å². The minimum Gasteiger partial charge on any atom is -0.493 e. The number of allylic oxidation sites excluding steroid dienone is 1. The third kappa shape index (κ3) is 7.43. The predicted molar refractivity (Wildman–Crippen MR) is 191 cm³/mol. The molecule has 2 fully saturated rings. The molecule has 6 rings (SSSR count). The van der Waals surface area contributed by atoms with E-state index >= 15 is 0 Å². The number of benzene rings is 1. The highest BCUT2D eigenvalue weighted by molar-refractivity contribution is 5.90. The van der Waals surface area contributed by atoms with Gasteiger partial charge in [-0.25, -0.2) is 4.79 Å². The summed E-state index contributed by atoms with van der Waals surface area (Å²) in [6.45, 7) is 2.04. The monoisotopic (exact) mass is 738 g/mol. The second-order valence-electron chi connectivity index (χ2n) is 14.6. The summed E-state index contributed by atoms with van der Waals surface area (Å²) in [6.07, 6.45) is 4.01. The molecule has 288 valence electrons. The van der Waals surface area contributed by atoms with Crippen molar-refractivity contribution in [2.24, 2.45) is 28.3 Å². The van der Waals surface area contributed by atoms with Crippen LogP contribution in [-0.4, -0.2) is 122 Å². The van der Waals surface area contributed by atoms with Gasteiger partial charge in [0.25, 0.3) is 0 Å². The number of carboxylic acids is 1. The zero-order valence-electron chi connectivity index (χ0n) is 30.4. The van der Waals surface area contributed by atoms with Crippen LogP contribution in [0.15, 0.2) is 29.0 Å². The van der Waals surface area contributed by atoms with Gasteiger partial charge < -0.3 is 56.5 Å². The smallest absolute Gasteiger partial charge is 0.415 e. The summed E-state index contributed by atoms with van der Waals surface area (Å²) in [5, 5.41) is 17.7. The number of carbonyl (C=O) groups is 5. The van der Waals surface area contributed by atoms with E-state index in [0.29, 0.717) is 36.1 Å². The number of nitrogens with one attached hydrogen (secondary N) is 3. The number of hydrogen-bond acceptors (Lipinski definition) is 10. The van der Waals surface area contributed by atoms with Crippen LogP contribution in [0, 0.1) is 11.8 Å². The number of rotatable bonds is 13. The van der Waals surface area contributed by atoms with Crippen LogP contribution in [0.25, 0.3) is 0 Å². The van der Waals surface area contributed by atoms with Crippen molar-refractivity contribution in [3.63, 3.8) is 0 Å². The predicted octanol–water partition coefficient (Wildman–Crippen LogP) is -0.0495. The van der Waals surface area contributed by atoms with Crippen LogP contribution in [0.4, 0.5) is 4.79 Å². The molecule has 2 bridgehead atoms. The molecule has 5 aliphatic rings. The Balaban J connectivity index is 1.18. The summed E-state index contributed by atoms with van der Waals surface area (Å²) >= 11 is 0. The maximum Gasteiger partial charge on any atom is 0.415 e. The average molecular weight is 739 g/mol. The number of methoxy groups -OCH3 is 1. The molecule has 0 radical (unpaired) electrons. The number of aliphatic carboxylic acids is 1. The quantitative estimate of drug-likeness (QED) is 0.0888. The molecule has 3 aliphatic heterocycles. The number of hydrogen-bond donors (Lipinski definition) is 6. The van der Waals surface area contributed by atoms with Crippen LogP contribution >= 0.6 is 0 Å². The second kappa shape index (κ2) is 15.5. The average Bonchev–Trinajstić information content (AvgIpc) is 3.48. The molecule has 53 heavy (non-hydrogen) atoms. The summed E-state index contributed by atoms with van der Waals surface area (Å²) in [7, 11) is 3.77. The van der Waals surface area contributed by atoms with E-state index in [2.05, 4.69) is 39.0 Å². The third-order valence-electron chi connectivity index (χ3n) is 11.5. The largest absolute Gasteiger partial charge is 0.493 e. The number of ether oxygens (including phenoxy) is 3. The minimum atomic E-state index is -1.01. The van der Waals surface area contributed by atoms with Gasteiger partial charge in [-0.2, -0.15) is 0 Å². The lowest BCUT2D eigenvalue weighted by Gasteiger charge is -2.56. The highest BCUT2D eigenvalue weighted by Crippen LogP contribution is 2.63. The SMILES string of the molecule is COc1ccc2c3c1O[C@H]1C(OC(=O)N4CCC(C(=O)O)CC4CNC(=O)[C@H](CCCN=C(N)N)NC(=O)CNC(C)=O)=CCC4[C@@H](C2)N(C)CCC341. The first-order valence-electron chi connectivity index (χ1n) is 18.2. The van der Waals surface area contributed by atoms with Gasteiger partial charge in [0.1, 0.15) is 11.8 Å². The first-order valence-corrected chi connectivity index (χ1v) is 18.2. The van der Waals surface area contributed by atoms with E-state index in [4.69, 9.17) is 25.7 Å². The molecule has 2 saturated heterocycles. The van der Waals surface area contributed by atoms with E-state index in [9.17, 15) is 29.1 Å². The molecular weight excluding hydrogens is 688 g/mol. The zero-order valence-corrected chi connectivity index (χ0v) is 30.4. The Hall–Kier alpha value is -5.06. The fourth-order valence-corrected chi connectivity index (χ4v) is 9.00. The number of likely N-dealkylation sites (N-methyl/N-ethyl adjacent to an activating group) is 1. The van der Waals surface area contributed by atoms with Crippen LogP contribution in [-0.2, 0) is 35.8 Å². The lowest BCUT2D eigenvalue weighted by Crippen LogP contribution is -2.63. The van der Waals surface area contributed by atoms with Crippen molar-refractivity contribution in [2.45, 2.75) is 81.5 Å². The van der Waals surface area contributed by atoms with E-state index in [1.807, 2.05) is 12.1 Å². The van der Waals surface area contributed by atoms with Crippen molar-refractivity contribution in [3.05, 3.63) is 35.1 Å². The summed E-state index contributed by atoms with van der Waals surface area (Å²) in [5.41, 5.74) is 12.8. The lowest BCUT2D eigenvalue weighted by atomic mass is 9.53. The Kier molecular flexibility index (Phi) is 11.0. The van der Waals surface area contributed by atoms with Gasteiger partial charge in [0.05, 0.1) is 25.6 Å². The van der Waals surface area contributed by atoms with E-state index in [-0.39, 0.29) is 62.7 Å². The highest BCUT2D eigenvalue weighted by Gasteiger charge is 2.65. The molecule has 0 aromatic heterocycles. The number of nitrogens with two attached hydrogens (primary N) is 2. The topological polar surface area (TPSA) is 240 Å². The standard InChI is InChI=1S/C36H50N8O9/c1-19(45)40-18-28(46)42-24(5-4-12-39-34(37)38)32(47)41-17-22-15-21(33(48)49)10-13-44(22)35(50)52-27-9-7-23-25-16-20-6-8-26(51-3)30-29(20)36(23,31(27)53-30)11-14-43(25)2/h6,8-9,21-25,31H,4-5,7,10-18H2,1-3H3,(H,40,45)(H,41,47)(H,42,46)(H,48,49)(H4,37,38,39)/t21?,22?,23?,24-,25+,31-,36?/m0/s1. The Morgan fingerprint density at radius 2 is 1.96 bits per heavy atom. The van der Waals surface area contributed by atoms with Gasteiger partial charge in [-0.05, 0) is 82.2 Å². The number of aliphatic imine (C=N–C) groups is 1. The molecule has 4 unspecified atom stereocenters. The van der Waals surface area contributed by atoms with Crippen molar-refractivity contribution in [1.29, 1.82) is 0 Å². The van der Waals surface area contributed by atoms with Crippen LogP contribution < -0.4 is 36.9 Å². The summed E-state index contributed by atoms with van der Waals surface area (Å²) in [4.78, 5) is 71.3. The van der Waals surface area contributed by atoms with Crippen LogP contribution in [0.5, 0.6) is 11.5 Å². The number of amides is 4. The molecule has 1 spiro atoms. The fourth-order valence-electron chi connectivity index (χ4n) is 9.00. The van der Waals surface area contributed by atoms with Crippen LogP contribution in [0.3, 0.4) is 0 Å². The van der Waals surface area contributed by atoms with Crippen molar-refractivity contribution in [3.8, 4) is 11.5 Å². The Morgan fingerprint density at radius 3 is 2.68 bits per heavy atom.